The Morgan fingerprint density at radius 1 is 1.50 bits per heavy atom. The second kappa shape index (κ2) is 2.31. The summed E-state index contributed by atoms with van der Waals surface area (Å²) in [6.45, 7) is 2.73. The third-order valence-electron chi connectivity index (χ3n) is 1.24. The van der Waals surface area contributed by atoms with E-state index < -0.39 is 5.92 Å². The summed E-state index contributed by atoms with van der Waals surface area (Å²) in [6, 6.07) is 1.52. The third-order valence-corrected chi connectivity index (χ3v) is 2.10. The first-order valence-corrected chi connectivity index (χ1v) is 3.81. The predicted octanol–water partition coefficient (Wildman–Crippen LogP) is 3.17. The molecule has 0 saturated heterocycles. The Morgan fingerprint density at radius 2 is 2.10 bits per heavy atom. The first kappa shape index (κ1) is 7.66. The molecule has 1 heterocycles. The molecule has 0 aliphatic heterocycles. The average Bonchev–Trinajstić information content (AvgIpc) is 2.11. The molecule has 0 N–H and O–H groups in total. The Hall–Kier alpha value is -0.440. The standard InChI is InChI=1S/C7H8F2S/c1-5-3-6(4-10-5)7(2,8)9/h3-4H,1-2H3. The van der Waals surface area contributed by atoms with Crippen LogP contribution in [0.4, 0.5) is 8.78 Å². The van der Waals surface area contributed by atoms with Crippen LogP contribution in [0.15, 0.2) is 11.4 Å². The maximum atomic E-state index is 12.5. The van der Waals surface area contributed by atoms with Crippen LogP contribution in [0.1, 0.15) is 17.4 Å². The van der Waals surface area contributed by atoms with Crippen LogP contribution >= 0.6 is 11.3 Å². The molecular formula is C7H8F2S. The molecular weight excluding hydrogens is 154 g/mol. The summed E-state index contributed by atoms with van der Waals surface area (Å²) in [5.74, 6) is -2.68. The largest absolute Gasteiger partial charge is 0.271 e. The second-order valence-corrected chi connectivity index (χ2v) is 3.45. The molecule has 0 nitrogen and oxygen atoms in total. The maximum Gasteiger partial charge on any atom is 0.271 e. The van der Waals surface area contributed by atoms with E-state index in [1.807, 2.05) is 6.92 Å². The highest BCUT2D eigenvalue weighted by atomic mass is 32.1. The van der Waals surface area contributed by atoms with Crippen molar-refractivity contribution >= 4 is 11.3 Å². The molecule has 0 atom stereocenters. The number of hydrogen-bond donors (Lipinski definition) is 0. The highest BCUT2D eigenvalue weighted by molar-refractivity contribution is 7.10. The Labute approximate surface area is 62.5 Å². The Morgan fingerprint density at radius 3 is 2.30 bits per heavy atom. The number of alkyl halides is 2. The van der Waals surface area contributed by atoms with Gasteiger partial charge in [-0.3, -0.25) is 0 Å². The van der Waals surface area contributed by atoms with Crippen LogP contribution in [-0.4, -0.2) is 0 Å². The van der Waals surface area contributed by atoms with Gasteiger partial charge in [-0.25, -0.2) is 8.78 Å². The van der Waals surface area contributed by atoms with Gasteiger partial charge in [-0.15, -0.1) is 11.3 Å². The molecule has 0 saturated carbocycles. The van der Waals surface area contributed by atoms with Crippen LogP contribution in [0.2, 0.25) is 0 Å². The number of halogens is 2. The van der Waals surface area contributed by atoms with Gasteiger partial charge in [0.2, 0.25) is 0 Å². The van der Waals surface area contributed by atoms with Crippen molar-refractivity contribution in [3.05, 3.63) is 21.9 Å². The quantitative estimate of drug-likeness (QED) is 0.595. The van der Waals surface area contributed by atoms with E-state index in [4.69, 9.17) is 0 Å². The fourth-order valence-corrected chi connectivity index (χ4v) is 1.46. The molecule has 0 unspecified atom stereocenters. The van der Waals surface area contributed by atoms with Crippen molar-refractivity contribution in [2.45, 2.75) is 19.8 Å². The van der Waals surface area contributed by atoms with Gasteiger partial charge in [-0.05, 0) is 13.0 Å². The molecule has 0 aromatic carbocycles. The highest BCUT2D eigenvalue weighted by Gasteiger charge is 2.24. The molecule has 1 rings (SSSR count). The monoisotopic (exact) mass is 162 g/mol. The minimum Gasteiger partial charge on any atom is -0.202 e. The van der Waals surface area contributed by atoms with E-state index in [0.717, 1.165) is 11.8 Å². The van der Waals surface area contributed by atoms with Crippen LogP contribution in [0.25, 0.3) is 0 Å². The zero-order valence-electron chi connectivity index (χ0n) is 5.82. The minimum atomic E-state index is -2.68. The summed E-state index contributed by atoms with van der Waals surface area (Å²) in [4.78, 5) is 0.927. The topological polar surface area (TPSA) is 0 Å². The molecule has 3 heteroatoms. The molecule has 0 spiro atoms. The summed E-state index contributed by atoms with van der Waals surface area (Å²) < 4.78 is 24.9. The van der Waals surface area contributed by atoms with Gasteiger partial charge in [-0.2, -0.15) is 0 Å². The lowest BCUT2D eigenvalue weighted by atomic mass is 10.2. The van der Waals surface area contributed by atoms with E-state index in [1.54, 1.807) is 0 Å². The van der Waals surface area contributed by atoms with E-state index in [-0.39, 0.29) is 5.56 Å². The van der Waals surface area contributed by atoms with Gasteiger partial charge >= 0.3 is 0 Å². The van der Waals surface area contributed by atoms with Gasteiger partial charge < -0.3 is 0 Å². The van der Waals surface area contributed by atoms with Crippen LogP contribution < -0.4 is 0 Å². The van der Waals surface area contributed by atoms with Crippen LogP contribution in [0.5, 0.6) is 0 Å². The molecule has 1 aromatic heterocycles. The summed E-state index contributed by atoms with van der Waals surface area (Å²) in [5, 5.41) is 1.50. The molecule has 0 amide bonds. The van der Waals surface area contributed by atoms with Gasteiger partial charge in [0.05, 0.1) is 0 Å². The first-order valence-electron chi connectivity index (χ1n) is 2.93. The van der Waals surface area contributed by atoms with Crippen molar-refractivity contribution in [3.8, 4) is 0 Å². The van der Waals surface area contributed by atoms with E-state index in [2.05, 4.69) is 0 Å². The molecule has 0 radical (unpaired) electrons. The van der Waals surface area contributed by atoms with Gasteiger partial charge in [0, 0.05) is 22.7 Å². The van der Waals surface area contributed by atoms with Crippen LogP contribution in [-0.2, 0) is 5.92 Å². The predicted molar refractivity (Wildman–Crippen MR) is 38.6 cm³/mol. The fourth-order valence-electron chi connectivity index (χ4n) is 0.674. The number of thiophene rings is 1. The molecule has 0 aliphatic rings. The molecule has 0 aliphatic carbocycles. The third kappa shape index (κ3) is 1.53. The summed E-state index contributed by atoms with van der Waals surface area (Å²) in [6.07, 6.45) is 0. The lowest BCUT2D eigenvalue weighted by Gasteiger charge is -2.05. The lowest BCUT2D eigenvalue weighted by Crippen LogP contribution is -2.04. The zero-order chi connectivity index (χ0) is 7.78. The van der Waals surface area contributed by atoms with Crippen molar-refractivity contribution in [2.75, 3.05) is 0 Å². The average molecular weight is 162 g/mol. The van der Waals surface area contributed by atoms with E-state index >= 15 is 0 Å². The second-order valence-electron chi connectivity index (χ2n) is 2.33. The first-order chi connectivity index (χ1) is 4.50. The minimum absolute atomic E-state index is 0.120. The van der Waals surface area contributed by atoms with Crippen molar-refractivity contribution < 1.29 is 8.78 Å². The molecule has 1 aromatic rings. The SMILES string of the molecule is Cc1cc(C(C)(F)F)cs1. The van der Waals surface area contributed by atoms with Crippen LogP contribution in [0.3, 0.4) is 0 Å². The Balaban J connectivity index is 2.96. The summed E-state index contributed by atoms with van der Waals surface area (Å²) in [5.41, 5.74) is 0.120. The number of hydrogen-bond acceptors (Lipinski definition) is 1. The Bertz CT molecular complexity index is 222. The molecule has 0 fully saturated rings. The number of rotatable bonds is 1. The fraction of sp³-hybridized carbons (Fsp3) is 0.429. The Kier molecular flexibility index (Phi) is 1.77. The van der Waals surface area contributed by atoms with Crippen LogP contribution in [0, 0.1) is 6.92 Å². The smallest absolute Gasteiger partial charge is 0.202 e. The van der Waals surface area contributed by atoms with Crippen molar-refractivity contribution in [2.24, 2.45) is 0 Å². The van der Waals surface area contributed by atoms with Gasteiger partial charge in [-0.1, -0.05) is 0 Å². The van der Waals surface area contributed by atoms with Gasteiger partial charge in [0.25, 0.3) is 5.92 Å². The van der Waals surface area contributed by atoms with Crippen molar-refractivity contribution in [3.63, 3.8) is 0 Å². The van der Waals surface area contributed by atoms with E-state index in [1.165, 1.54) is 22.8 Å². The molecule has 56 valence electrons. The van der Waals surface area contributed by atoms with Gasteiger partial charge in [0.15, 0.2) is 0 Å². The summed E-state index contributed by atoms with van der Waals surface area (Å²) >= 11 is 1.35. The molecule has 0 bridgehead atoms. The normalized spacial score (nSPS) is 12.0. The van der Waals surface area contributed by atoms with E-state index in [9.17, 15) is 8.78 Å². The van der Waals surface area contributed by atoms with Crippen molar-refractivity contribution in [1.82, 2.24) is 0 Å². The molecule has 10 heavy (non-hydrogen) atoms. The highest BCUT2D eigenvalue weighted by Crippen LogP contribution is 2.30. The number of aryl methyl sites for hydroxylation is 1. The van der Waals surface area contributed by atoms with E-state index in [0.29, 0.717) is 0 Å². The van der Waals surface area contributed by atoms with Crippen molar-refractivity contribution in [1.29, 1.82) is 0 Å². The maximum absolute atomic E-state index is 12.5. The van der Waals surface area contributed by atoms with Gasteiger partial charge in [0.1, 0.15) is 0 Å². The summed E-state index contributed by atoms with van der Waals surface area (Å²) in [7, 11) is 0. The lowest BCUT2D eigenvalue weighted by molar-refractivity contribution is 0.0179. The zero-order valence-corrected chi connectivity index (χ0v) is 6.64.